The van der Waals surface area contributed by atoms with Crippen LogP contribution in [0.1, 0.15) is 34.1 Å². The predicted molar refractivity (Wildman–Crippen MR) is 73.3 cm³/mol. The maximum atomic E-state index is 12.0. The molecule has 1 fully saturated rings. The summed E-state index contributed by atoms with van der Waals surface area (Å²) in [5, 5.41) is 3.02. The van der Waals surface area contributed by atoms with Crippen molar-refractivity contribution < 1.29 is 9.53 Å². The molecule has 0 heterocycles. The van der Waals surface area contributed by atoms with Gasteiger partial charge in [-0.25, -0.2) is 0 Å². The maximum absolute atomic E-state index is 12.0. The second-order valence-electron chi connectivity index (χ2n) is 6.01. The van der Waals surface area contributed by atoms with Crippen molar-refractivity contribution in [2.24, 2.45) is 16.7 Å². The minimum atomic E-state index is 0.122. The van der Waals surface area contributed by atoms with E-state index < -0.39 is 0 Å². The van der Waals surface area contributed by atoms with E-state index in [1.165, 1.54) is 0 Å². The van der Waals surface area contributed by atoms with Crippen molar-refractivity contribution in [3.8, 4) is 0 Å². The number of methoxy groups -OCH3 is 1. The molecule has 4 heteroatoms. The quantitative estimate of drug-likeness (QED) is 0.766. The Labute approximate surface area is 113 Å². The van der Waals surface area contributed by atoms with E-state index in [4.69, 9.17) is 4.74 Å². The Morgan fingerprint density at radius 1 is 1.35 bits per heavy atom. The molecule has 17 heavy (non-hydrogen) atoms. The van der Waals surface area contributed by atoms with Crippen LogP contribution in [0, 0.1) is 16.7 Å². The standard InChI is InChI=1S/C13H24BrNO2/c1-12(2)10(13(12,3)4)11(16)15-7-6-9(14)8-17-5/h9-10H,6-8H2,1-5H3,(H,15,16). The summed E-state index contributed by atoms with van der Waals surface area (Å²) >= 11 is 3.51. The third-order valence-electron chi connectivity index (χ3n) is 4.39. The monoisotopic (exact) mass is 305 g/mol. The molecule has 0 aromatic heterocycles. The van der Waals surface area contributed by atoms with E-state index in [2.05, 4.69) is 48.9 Å². The zero-order chi connectivity index (χ0) is 13.3. The maximum Gasteiger partial charge on any atom is 0.224 e. The fourth-order valence-corrected chi connectivity index (χ4v) is 3.06. The molecule has 0 bridgehead atoms. The summed E-state index contributed by atoms with van der Waals surface area (Å²) in [5.41, 5.74) is 0.245. The third-order valence-corrected chi connectivity index (χ3v) is 5.11. The first kappa shape index (κ1) is 15.0. The van der Waals surface area contributed by atoms with Crippen LogP contribution < -0.4 is 5.32 Å². The van der Waals surface area contributed by atoms with Crippen LogP contribution in [-0.4, -0.2) is 31.0 Å². The van der Waals surface area contributed by atoms with Crippen molar-refractivity contribution in [3.63, 3.8) is 0 Å². The minimum Gasteiger partial charge on any atom is -0.384 e. The summed E-state index contributed by atoms with van der Waals surface area (Å²) in [6.45, 7) is 10.0. The molecule has 1 aliphatic carbocycles. The zero-order valence-electron chi connectivity index (χ0n) is 11.5. The lowest BCUT2D eigenvalue weighted by atomic mass is 10.0. The van der Waals surface area contributed by atoms with E-state index in [9.17, 15) is 4.79 Å². The zero-order valence-corrected chi connectivity index (χ0v) is 13.1. The number of rotatable bonds is 6. The van der Waals surface area contributed by atoms with E-state index in [1.807, 2.05) is 0 Å². The SMILES string of the molecule is COCC(Br)CCNC(=O)C1C(C)(C)C1(C)C. The summed E-state index contributed by atoms with van der Waals surface area (Å²) in [5.74, 6) is 0.336. The smallest absolute Gasteiger partial charge is 0.224 e. The minimum absolute atomic E-state index is 0.122. The predicted octanol–water partition coefficient (Wildman–Crippen LogP) is 2.58. The van der Waals surface area contributed by atoms with Gasteiger partial charge in [0.25, 0.3) is 0 Å². The number of amides is 1. The van der Waals surface area contributed by atoms with Gasteiger partial charge in [0.1, 0.15) is 0 Å². The van der Waals surface area contributed by atoms with E-state index in [1.54, 1.807) is 7.11 Å². The number of alkyl halides is 1. The summed E-state index contributed by atoms with van der Waals surface area (Å²) in [7, 11) is 1.68. The lowest BCUT2D eigenvalue weighted by Gasteiger charge is -2.10. The Morgan fingerprint density at radius 2 is 1.88 bits per heavy atom. The fraction of sp³-hybridized carbons (Fsp3) is 0.923. The van der Waals surface area contributed by atoms with E-state index >= 15 is 0 Å². The van der Waals surface area contributed by atoms with Gasteiger partial charge in [-0.15, -0.1) is 0 Å². The van der Waals surface area contributed by atoms with E-state index in [0.717, 1.165) is 6.42 Å². The molecule has 0 radical (unpaired) electrons. The number of carbonyl (C=O) groups excluding carboxylic acids is 1. The Balaban J connectivity index is 2.28. The van der Waals surface area contributed by atoms with Crippen molar-refractivity contribution in [2.75, 3.05) is 20.3 Å². The highest BCUT2D eigenvalue weighted by molar-refractivity contribution is 9.09. The van der Waals surface area contributed by atoms with Crippen molar-refractivity contribution in [2.45, 2.75) is 38.9 Å². The average Bonchev–Trinajstić information content (AvgIpc) is 2.57. The highest BCUT2D eigenvalue weighted by Crippen LogP contribution is 2.68. The van der Waals surface area contributed by atoms with Crippen LogP contribution in [-0.2, 0) is 9.53 Å². The summed E-state index contributed by atoms with van der Waals surface area (Å²) in [6, 6.07) is 0. The molecule has 0 aromatic carbocycles. The van der Waals surface area contributed by atoms with Gasteiger partial charge in [-0.05, 0) is 17.3 Å². The lowest BCUT2D eigenvalue weighted by Crippen LogP contribution is -2.30. The molecule has 0 saturated heterocycles. The first-order valence-corrected chi connectivity index (χ1v) is 7.07. The fourth-order valence-electron chi connectivity index (χ4n) is 2.57. The molecule has 1 amide bonds. The van der Waals surface area contributed by atoms with Gasteiger partial charge >= 0.3 is 0 Å². The first-order chi connectivity index (χ1) is 7.75. The second kappa shape index (κ2) is 5.27. The van der Waals surface area contributed by atoms with Gasteiger partial charge in [0, 0.05) is 24.4 Å². The Morgan fingerprint density at radius 3 is 2.29 bits per heavy atom. The summed E-state index contributed by atoms with van der Waals surface area (Å²) in [6.07, 6.45) is 0.896. The van der Waals surface area contributed by atoms with Crippen LogP contribution in [0.25, 0.3) is 0 Å². The first-order valence-electron chi connectivity index (χ1n) is 6.16. The van der Waals surface area contributed by atoms with Crippen molar-refractivity contribution >= 4 is 21.8 Å². The Bertz CT molecular complexity index is 275. The van der Waals surface area contributed by atoms with Gasteiger partial charge < -0.3 is 10.1 Å². The number of halogens is 1. The highest BCUT2D eigenvalue weighted by Gasteiger charge is 2.68. The second-order valence-corrected chi connectivity index (χ2v) is 7.30. The van der Waals surface area contributed by atoms with Crippen LogP contribution in [0.4, 0.5) is 0 Å². The van der Waals surface area contributed by atoms with Crippen LogP contribution in [0.2, 0.25) is 0 Å². The highest BCUT2D eigenvalue weighted by atomic mass is 79.9. The summed E-state index contributed by atoms with van der Waals surface area (Å²) < 4.78 is 5.03. The lowest BCUT2D eigenvalue weighted by molar-refractivity contribution is -0.123. The number of nitrogens with one attached hydrogen (secondary N) is 1. The molecular weight excluding hydrogens is 282 g/mol. The van der Waals surface area contributed by atoms with E-state index in [0.29, 0.717) is 18.0 Å². The number of hydrogen-bond acceptors (Lipinski definition) is 2. The van der Waals surface area contributed by atoms with Crippen LogP contribution in [0.5, 0.6) is 0 Å². The number of hydrogen-bond donors (Lipinski definition) is 1. The molecule has 0 aliphatic heterocycles. The largest absolute Gasteiger partial charge is 0.384 e. The molecule has 1 N–H and O–H groups in total. The Hall–Kier alpha value is -0.0900. The molecule has 3 nitrogen and oxygen atoms in total. The van der Waals surface area contributed by atoms with Gasteiger partial charge in [0.2, 0.25) is 5.91 Å². The van der Waals surface area contributed by atoms with Crippen molar-refractivity contribution in [1.82, 2.24) is 5.32 Å². The van der Waals surface area contributed by atoms with Crippen LogP contribution >= 0.6 is 15.9 Å². The molecule has 100 valence electrons. The van der Waals surface area contributed by atoms with Crippen LogP contribution in [0.15, 0.2) is 0 Å². The topological polar surface area (TPSA) is 38.3 Å². The Kier molecular flexibility index (Phi) is 4.64. The van der Waals surface area contributed by atoms with Gasteiger partial charge in [-0.1, -0.05) is 43.6 Å². The molecule has 1 aliphatic rings. The van der Waals surface area contributed by atoms with Gasteiger partial charge in [-0.2, -0.15) is 0 Å². The van der Waals surface area contributed by atoms with E-state index in [-0.39, 0.29) is 22.7 Å². The molecule has 1 atom stereocenters. The molecular formula is C13H24BrNO2. The van der Waals surface area contributed by atoms with Crippen molar-refractivity contribution in [3.05, 3.63) is 0 Å². The normalized spacial score (nSPS) is 23.2. The number of ether oxygens (including phenoxy) is 1. The van der Waals surface area contributed by atoms with Gasteiger partial charge in [-0.3, -0.25) is 4.79 Å². The third kappa shape index (κ3) is 3.02. The molecule has 1 saturated carbocycles. The summed E-state index contributed by atoms with van der Waals surface area (Å²) in [4.78, 5) is 12.3. The van der Waals surface area contributed by atoms with Crippen LogP contribution in [0.3, 0.4) is 0 Å². The van der Waals surface area contributed by atoms with Crippen molar-refractivity contribution in [1.29, 1.82) is 0 Å². The average molecular weight is 306 g/mol. The van der Waals surface area contributed by atoms with Gasteiger partial charge in [0.05, 0.1) is 6.61 Å². The molecule has 0 aromatic rings. The molecule has 0 spiro atoms. The number of carbonyl (C=O) groups is 1. The van der Waals surface area contributed by atoms with Gasteiger partial charge in [0.15, 0.2) is 0 Å². The molecule has 1 rings (SSSR count). The molecule has 1 unspecified atom stereocenters.